The molecule has 1 unspecified atom stereocenters. The van der Waals surface area contributed by atoms with Crippen LogP contribution in [0.4, 0.5) is 0 Å². The number of hydrogen-bond donors (Lipinski definition) is 1. The molecule has 1 aromatic heterocycles. The SMILES string of the molecule is Cn1ncc2c1CCCC2NCC(C)(C)N1CCOCC1. The highest BCUT2D eigenvalue weighted by Gasteiger charge is 2.30. The summed E-state index contributed by atoms with van der Waals surface area (Å²) in [6.07, 6.45) is 5.69. The van der Waals surface area contributed by atoms with Gasteiger partial charge in [-0.2, -0.15) is 5.10 Å². The lowest BCUT2D eigenvalue weighted by molar-refractivity contribution is -0.0105. The molecule has 1 atom stereocenters. The molecule has 1 aliphatic heterocycles. The van der Waals surface area contributed by atoms with E-state index in [0.717, 1.165) is 39.3 Å². The van der Waals surface area contributed by atoms with Crippen LogP contribution in [0.15, 0.2) is 6.20 Å². The summed E-state index contributed by atoms with van der Waals surface area (Å²) in [6.45, 7) is 9.47. The molecular formula is C16H28N4O. The second-order valence-corrected chi connectivity index (χ2v) is 6.91. The minimum atomic E-state index is 0.170. The molecule has 1 aromatic rings. The normalized spacial score (nSPS) is 24.0. The van der Waals surface area contributed by atoms with Gasteiger partial charge >= 0.3 is 0 Å². The molecule has 0 aromatic carbocycles. The maximum atomic E-state index is 5.47. The van der Waals surface area contributed by atoms with Crippen molar-refractivity contribution in [1.82, 2.24) is 20.0 Å². The van der Waals surface area contributed by atoms with Crippen LogP contribution >= 0.6 is 0 Å². The van der Waals surface area contributed by atoms with Gasteiger partial charge < -0.3 is 10.1 Å². The van der Waals surface area contributed by atoms with Crippen LogP contribution in [-0.2, 0) is 18.2 Å². The first-order valence-corrected chi connectivity index (χ1v) is 8.15. The van der Waals surface area contributed by atoms with Gasteiger partial charge in [0.15, 0.2) is 0 Å². The van der Waals surface area contributed by atoms with Gasteiger partial charge in [-0.1, -0.05) is 0 Å². The minimum Gasteiger partial charge on any atom is -0.379 e. The van der Waals surface area contributed by atoms with E-state index < -0.39 is 0 Å². The van der Waals surface area contributed by atoms with Gasteiger partial charge in [0.2, 0.25) is 0 Å². The van der Waals surface area contributed by atoms with Crippen molar-refractivity contribution in [3.8, 4) is 0 Å². The summed E-state index contributed by atoms with van der Waals surface area (Å²) < 4.78 is 7.50. The Hall–Kier alpha value is -0.910. The van der Waals surface area contributed by atoms with Gasteiger partial charge in [0.05, 0.1) is 19.4 Å². The van der Waals surface area contributed by atoms with Crippen LogP contribution in [0.2, 0.25) is 0 Å². The predicted molar refractivity (Wildman–Crippen MR) is 83.4 cm³/mol. The fraction of sp³-hybridized carbons (Fsp3) is 0.812. The second-order valence-electron chi connectivity index (χ2n) is 6.91. The highest BCUT2D eigenvalue weighted by atomic mass is 16.5. The van der Waals surface area contributed by atoms with Gasteiger partial charge in [0.1, 0.15) is 0 Å². The fourth-order valence-corrected chi connectivity index (χ4v) is 3.57. The quantitative estimate of drug-likeness (QED) is 0.913. The lowest BCUT2D eigenvalue weighted by Gasteiger charge is -2.42. The minimum absolute atomic E-state index is 0.170. The summed E-state index contributed by atoms with van der Waals surface area (Å²) in [5.41, 5.74) is 2.98. The Morgan fingerprint density at radius 3 is 2.90 bits per heavy atom. The topological polar surface area (TPSA) is 42.3 Å². The lowest BCUT2D eigenvalue weighted by atomic mass is 9.92. The number of morpholine rings is 1. The molecule has 0 amide bonds. The van der Waals surface area contributed by atoms with Crippen LogP contribution < -0.4 is 5.32 Å². The predicted octanol–water partition coefficient (Wildman–Crippen LogP) is 1.50. The van der Waals surface area contributed by atoms with E-state index in [1.807, 2.05) is 10.9 Å². The largest absolute Gasteiger partial charge is 0.379 e. The Kier molecular flexibility index (Phi) is 4.33. The molecule has 118 valence electrons. The number of ether oxygens (including phenoxy) is 1. The molecule has 1 N–H and O–H groups in total. The van der Waals surface area contributed by atoms with Crippen molar-refractivity contribution >= 4 is 0 Å². The summed E-state index contributed by atoms with van der Waals surface area (Å²) in [4.78, 5) is 2.54. The molecule has 1 fully saturated rings. The Labute approximate surface area is 127 Å². The fourth-order valence-electron chi connectivity index (χ4n) is 3.57. The summed E-state index contributed by atoms with van der Waals surface area (Å²) >= 11 is 0. The van der Waals surface area contributed by atoms with Crippen LogP contribution in [0.3, 0.4) is 0 Å². The van der Waals surface area contributed by atoms with Crippen molar-refractivity contribution in [1.29, 1.82) is 0 Å². The van der Waals surface area contributed by atoms with E-state index in [1.165, 1.54) is 24.1 Å². The number of rotatable bonds is 4. The maximum absolute atomic E-state index is 5.47. The zero-order valence-electron chi connectivity index (χ0n) is 13.6. The molecule has 0 spiro atoms. The molecule has 0 radical (unpaired) electrons. The van der Waals surface area contributed by atoms with Gasteiger partial charge in [-0.3, -0.25) is 9.58 Å². The average Bonchev–Trinajstić information content (AvgIpc) is 2.88. The molecule has 2 heterocycles. The third kappa shape index (κ3) is 3.15. The van der Waals surface area contributed by atoms with E-state index in [1.54, 1.807) is 0 Å². The average molecular weight is 292 g/mol. The molecule has 21 heavy (non-hydrogen) atoms. The number of fused-ring (bicyclic) bond motifs is 1. The zero-order chi connectivity index (χ0) is 14.9. The van der Waals surface area contributed by atoms with Gasteiger partial charge in [0.25, 0.3) is 0 Å². The van der Waals surface area contributed by atoms with Crippen molar-refractivity contribution < 1.29 is 4.74 Å². The Morgan fingerprint density at radius 2 is 2.14 bits per heavy atom. The number of nitrogens with zero attached hydrogens (tertiary/aromatic N) is 3. The molecule has 2 aliphatic rings. The lowest BCUT2D eigenvalue weighted by Crippen LogP contribution is -2.55. The summed E-state index contributed by atoms with van der Waals surface area (Å²) in [7, 11) is 2.05. The van der Waals surface area contributed by atoms with Crippen molar-refractivity contribution in [3.63, 3.8) is 0 Å². The highest BCUT2D eigenvalue weighted by Crippen LogP contribution is 2.29. The molecule has 5 nitrogen and oxygen atoms in total. The first-order chi connectivity index (χ1) is 10.1. The molecule has 3 rings (SSSR count). The third-order valence-electron chi connectivity index (χ3n) is 5.02. The summed E-state index contributed by atoms with van der Waals surface area (Å²) in [5, 5.41) is 8.23. The van der Waals surface area contributed by atoms with Gasteiger partial charge in [0, 0.05) is 49.5 Å². The Balaban J connectivity index is 1.62. The molecule has 0 bridgehead atoms. The number of aromatic nitrogens is 2. The van der Waals surface area contributed by atoms with E-state index >= 15 is 0 Å². The van der Waals surface area contributed by atoms with E-state index in [0.29, 0.717) is 6.04 Å². The Bertz CT molecular complexity index is 477. The smallest absolute Gasteiger partial charge is 0.0594 e. The van der Waals surface area contributed by atoms with Crippen molar-refractivity contribution in [2.24, 2.45) is 7.05 Å². The van der Waals surface area contributed by atoms with Crippen LogP contribution in [-0.4, -0.2) is 53.1 Å². The molecule has 1 aliphatic carbocycles. The molecule has 1 saturated heterocycles. The van der Waals surface area contributed by atoms with Gasteiger partial charge in [-0.25, -0.2) is 0 Å². The van der Waals surface area contributed by atoms with Crippen LogP contribution in [0.1, 0.15) is 44.0 Å². The second kappa shape index (κ2) is 6.07. The third-order valence-corrected chi connectivity index (χ3v) is 5.02. The first kappa shape index (κ1) is 15.0. The van der Waals surface area contributed by atoms with Gasteiger partial charge in [-0.15, -0.1) is 0 Å². The monoisotopic (exact) mass is 292 g/mol. The van der Waals surface area contributed by atoms with E-state index in [4.69, 9.17) is 4.74 Å². The molecule has 0 saturated carbocycles. The summed E-state index contributed by atoms with van der Waals surface area (Å²) in [6, 6.07) is 0.461. The maximum Gasteiger partial charge on any atom is 0.0594 e. The standard InChI is InChI=1S/C16H28N4O/c1-16(2,20-7-9-21-10-8-20)12-17-14-5-4-6-15-13(14)11-18-19(15)3/h11,14,17H,4-10,12H2,1-3H3. The van der Waals surface area contributed by atoms with Crippen LogP contribution in [0.5, 0.6) is 0 Å². The number of hydrogen-bond acceptors (Lipinski definition) is 4. The van der Waals surface area contributed by atoms with Crippen molar-refractivity contribution in [2.75, 3.05) is 32.8 Å². The van der Waals surface area contributed by atoms with E-state index in [2.05, 4.69) is 36.2 Å². The van der Waals surface area contributed by atoms with Crippen molar-refractivity contribution in [3.05, 3.63) is 17.5 Å². The summed E-state index contributed by atoms with van der Waals surface area (Å²) in [5.74, 6) is 0. The number of aryl methyl sites for hydroxylation is 1. The molecule has 5 heteroatoms. The van der Waals surface area contributed by atoms with Crippen LogP contribution in [0.25, 0.3) is 0 Å². The number of nitrogens with one attached hydrogen (secondary N) is 1. The van der Waals surface area contributed by atoms with E-state index in [9.17, 15) is 0 Å². The molecular weight excluding hydrogens is 264 g/mol. The van der Waals surface area contributed by atoms with Crippen molar-refractivity contribution in [2.45, 2.75) is 44.7 Å². The van der Waals surface area contributed by atoms with E-state index in [-0.39, 0.29) is 5.54 Å². The Morgan fingerprint density at radius 1 is 1.38 bits per heavy atom. The first-order valence-electron chi connectivity index (χ1n) is 8.15. The van der Waals surface area contributed by atoms with Gasteiger partial charge in [-0.05, 0) is 33.1 Å². The highest BCUT2D eigenvalue weighted by molar-refractivity contribution is 5.24. The zero-order valence-corrected chi connectivity index (χ0v) is 13.6. The van der Waals surface area contributed by atoms with Crippen LogP contribution in [0, 0.1) is 0 Å².